The van der Waals surface area contributed by atoms with E-state index in [0.29, 0.717) is 30.3 Å². The Morgan fingerprint density at radius 1 is 1.20 bits per heavy atom. The molecule has 1 aliphatic rings. The number of likely N-dealkylation sites (tertiary alicyclic amines) is 1. The van der Waals surface area contributed by atoms with Crippen molar-refractivity contribution in [3.63, 3.8) is 0 Å². The van der Waals surface area contributed by atoms with E-state index < -0.39 is 15.8 Å². The van der Waals surface area contributed by atoms with Crippen LogP contribution in [0.3, 0.4) is 0 Å². The van der Waals surface area contributed by atoms with E-state index in [4.69, 9.17) is 0 Å². The zero-order valence-corrected chi connectivity index (χ0v) is 18.6. The van der Waals surface area contributed by atoms with Gasteiger partial charge >= 0.3 is 0 Å². The number of carbonyl (C=O) groups is 1. The third kappa shape index (κ3) is 4.44. The molecule has 162 valence electrons. The van der Waals surface area contributed by atoms with Crippen molar-refractivity contribution >= 4 is 21.7 Å². The molecule has 0 bridgehead atoms. The number of anilines is 1. The fraction of sp³-hybridized carbons (Fsp3) is 0.450. The first-order chi connectivity index (χ1) is 14.0. The highest BCUT2D eigenvalue weighted by Crippen LogP contribution is 2.28. The summed E-state index contributed by atoms with van der Waals surface area (Å²) < 4.78 is 40.5. The first-order valence-corrected chi connectivity index (χ1v) is 10.9. The molecule has 1 amide bonds. The Balaban J connectivity index is 1.91. The van der Waals surface area contributed by atoms with Gasteiger partial charge in [0.05, 0.1) is 17.1 Å². The summed E-state index contributed by atoms with van der Waals surface area (Å²) in [6.07, 6.45) is 0.364. The third-order valence-electron chi connectivity index (χ3n) is 5.20. The van der Waals surface area contributed by atoms with Crippen LogP contribution in [0, 0.1) is 12.7 Å². The molecule has 1 aromatic carbocycles. The molecule has 0 saturated carbocycles. The van der Waals surface area contributed by atoms with E-state index in [1.165, 1.54) is 26.1 Å². The summed E-state index contributed by atoms with van der Waals surface area (Å²) in [7, 11) is 3.01. The molecule has 0 N–H and O–H groups in total. The Morgan fingerprint density at radius 3 is 2.47 bits per heavy atom. The van der Waals surface area contributed by atoms with Crippen LogP contribution in [0.1, 0.15) is 29.4 Å². The Morgan fingerprint density at radius 2 is 1.90 bits per heavy atom. The van der Waals surface area contributed by atoms with Gasteiger partial charge in [0.15, 0.2) is 0 Å². The van der Waals surface area contributed by atoms with E-state index in [1.54, 1.807) is 11.9 Å². The minimum atomic E-state index is -3.85. The summed E-state index contributed by atoms with van der Waals surface area (Å²) in [5.74, 6) is 0.505. The molecule has 30 heavy (non-hydrogen) atoms. The van der Waals surface area contributed by atoms with Gasteiger partial charge in [0.2, 0.25) is 15.9 Å². The Labute approximate surface area is 176 Å². The van der Waals surface area contributed by atoms with Crippen LogP contribution in [0.4, 0.5) is 10.2 Å². The number of rotatable bonds is 6. The van der Waals surface area contributed by atoms with Crippen LogP contribution in [-0.4, -0.2) is 68.2 Å². The van der Waals surface area contributed by atoms with Gasteiger partial charge in [0, 0.05) is 53.1 Å². The van der Waals surface area contributed by atoms with Gasteiger partial charge in [-0.2, -0.15) is 4.31 Å². The third-order valence-corrected chi connectivity index (χ3v) is 7.00. The normalized spacial score (nSPS) is 17.1. The fourth-order valence-electron chi connectivity index (χ4n) is 3.32. The molecular formula is C20H26FN5O3S. The van der Waals surface area contributed by atoms with E-state index >= 15 is 0 Å². The molecule has 8 nitrogen and oxygen atoms in total. The summed E-state index contributed by atoms with van der Waals surface area (Å²) in [5.41, 5.74) is 0.970. The molecule has 10 heteroatoms. The minimum Gasteiger partial charge on any atom is -0.363 e. The minimum absolute atomic E-state index is 0.0101. The second-order valence-electron chi connectivity index (χ2n) is 7.81. The number of likely N-dealkylation sites (N-methyl/N-ethyl adjacent to an activating group) is 1. The van der Waals surface area contributed by atoms with E-state index in [1.807, 2.05) is 25.1 Å². The summed E-state index contributed by atoms with van der Waals surface area (Å²) >= 11 is 0. The van der Waals surface area contributed by atoms with E-state index in [2.05, 4.69) is 9.97 Å². The molecule has 0 unspecified atom stereocenters. The molecule has 0 radical (unpaired) electrons. The van der Waals surface area contributed by atoms with Crippen LogP contribution in [-0.2, 0) is 21.4 Å². The Hall–Kier alpha value is -2.59. The zero-order chi connectivity index (χ0) is 22.2. The number of halogens is 1. The molecule has 0 aliphatic carbocycles. The number of sulfonamides is 1. The first-order valence-electron chi connectivity index (χ1n) is 9.50. The van der Waals surface area contributed by atoms with Crippen molar-refractivity contribution in [2.75, 3.05) is 39.6 Å². The lowest BCUT2D eigenvalue weighted by molar-refractivity contribution is -0.126. The van der Waals surface area contributed by atoms with Gasteiger partial charge in [0.1, 0.15) is 17.5 Å². The predicted molar refractivity (Wildman–Crippen MR) is 111 cm³/mol. The van der Waals surface area contributed by atoms with Gasteiger partial charge in [-0.15, -0.1) is 0 Å². The fourth-order valence-corrected chi connectivity index (χ4v) is 4.53. The summed E-state index contributed by atoms with van der Waals surface area (Å²) in [4.78, 5) is 24.5. The standard InChI is InChI=1S/C20H26FN5O3S/c1-13-8-15(6-7-16(13)21)30(28,29)26(5)12-18-22-17(10-19(23-18)24(2)3)14-9-20(27)25(4)11-14/h6-8,10,14H,9,11-12H2,1-5H3/t14-/m0/s1. The lowest BCUT2D eigenvalue weighted by Crippen LogP contribution is -2.28. The smallest absolute Gasteiger partial charge is 0.243 e. The van der Waals surface area contributed by atoms with Gasteiger partial charge in [0.25, 0.3) is 0 Å². The van der Waals surface area contributed by atoms with Gasteiger partial charge in [-0.1, -0.05) is 0 Å². The van der Waals surface area contributed by atoms with Crippen LogP contribution in [0.15, 0.2) is 29.2 Å². The molecular weight excluding hydrogens is 409 g/mol. The number of carbonyl (C=O) groups excluding carboxylic acids is 1. The van der Waals surface area contributed by atoms with E-state index in [-0.39, 0.29) is 28.8 Å². The predicted octanol–water partition coefficient (Wildman–Crippen LogP) is 1.76. The highest BCUT2D eigenvalue weighted by Gasteiger charge is 2.30. The van der Waals surface area contributed by atoms with E-state index in [0.717, 1.165) is 10.4 Å². The molecule has 3 rings (SSSR count). The molecule has 1 atom stereocenters. The second-order valence-corrected chi connectivity index (χ2v) is 9.85. The lowest BCUT2D eigenvalue weighted by Gasteiger charge is -2.20. The molecule has 1 aromatic heterocycles. The van der Waals surface area contributed by atoms with Gasteiger partial charge in [-0.25, -0.2) is 22.8 Å². The number of nitrogens with zero attached hydrogens (tertiary/aromatic N) is 5. The van der Waals surface area contributed by atoms with Crippen LogP contribution >= 0.6 is 0 Å². The first kappa shape index (κ1) is 22.1. The number of aromatic nitrogens is 2. The topological polar surface area (TPSA) is 86.7 Å². The average molecular weight is 436 g/mol. The average Bonchev–Trinajstić information content (AvgIpc) is 3.02. The number of aryl methyl sites for hydroxylation is 1. The van der Waals surface area contributed by atoms with Crippen molar-refractivity contribution in [1.82, 2.24) is 19.2 Å². The van der Waals surface area contributed by atoms with Crippen molar-refractivity contribution in [1.29, 1.82) is 0 Å². The number of hydrogen-bond acceptors (Lipinski definition) is 6. The van der Waals surface area contributed by atoms with E-state index in [9.17, 15) is 17.6 Å². The molecule has 0 spiro atoms. The summed E-state index contributed by atoms with van der Waals surface area (Å²) in [6, 6.07) is 5.53. The van der Waals surface area contributed by atoms with Crippen LogP contribution < -0.4 is 4.90 Å². The Bertz CT molecular complexity index is 1070. The lowest BCUT2D eigenvalue weighted by atomic mass is 10.0. The largest absolute Gasteiger partial charge is 0.363 e. The SMILES string of the molecule is Cc1cc(S(=O)(=O)N(C)Cc2nc([C@H]3CC(=O)N(C)C3)cc(N(C)C)n2)ccc1F. The van der Waals surface area contributed by atoms with Gasteiger partial charge < -0.3 is 9.80 Å². The zero-order valence-electron chi connectivity index (χ0n) is 17.8. The maximum Gasteiger partial charge on any atom is 0.243 e. The van der Waals surface area contributed by atoms with Crippen molar-refractivity contribution < 1.29 is 17.6 Å². The number of amides is 1. The van der Waals surface area contributed by atoms with Gasteiger partial charge in [-0.3, -0.25) is 4.79 Å². The monoisotopic (exact) mass is 435 g/mol. The second kappa shape index (κ2) is 8.27. The maximum atomic E-state index is 13.5. The highest BCUT2D eigenvalue weighted by molar-refractivity contribution is 7.89. The van der Waals surface area contributed by atoms with Crippen molar-refractivity contribution in [3.8, 4) is 0 Å². The molecule has 2 heterocycles. The van der Waals surface area contributed by atoms with Crippen molar-refractivity contribution in [2.45, 2.75) is 30.7 Å². The maximum absolute atomic E-state index is 13.5. The van der Waals surface area contributed by atoms with Crippen LogP contribution in [0.5, 0.6) is 0 Å². The van der Waals surface area contributed by atoms with Crippen LogP contribution in [0.2, 0.25) is 0 Å². The highest BCUT2D eigenvalue weighted by atomic mass is 32.2. The molecule has 1 saturated heterocycles. The van der Waals surface area contributed by atoms with Crippen molar-refractivity contribution in [3.05, 3.63) is 47.2 Å². The number of benzene rings is 1. The summed E-state index contributed by atoms with van der Waals surface area (Å²) in [5, 5.41) is 0. The Kier molecular flexibility index (Phi) is 6.09. The molecule has 2 aromatic rings. The van der Waals surface area contributed by atoms with Gasteiger partial charge in [-0.05, 0) is 30.7 Å². The van der Waals surface area contributed by atoms with Crippen molar-refractivity contribution in [2.24, 2.45) is 0 Å². The summed E-state index contributed by atoms with van der Waals surface area (Å²) in [6.45, 7) is 2.03. The number of hydrogen-bond donors (Lipinski definition) is 0. The molecule has 1 fully saturated rings. The molecule has 1 aliphatic heterocycles. The quantitative estimate of drug-likeness (QED) is 0.687. The van der Waals surface area contributed by atoms with Crippen LogP contribution in [0.25, 0.3) is 0 Å².